The first kappa shape index (κ1) is 15.2. The van der Waals surface area contributed by atoms with Gasteiger partial charge in [0.25, 0.3) is 0 Å². The van der Waals surface area contributed by atoms with Gasteiger partial charge in [-0.1, -0.05) is 0 Å². The lowest BCUT2D eigenvalue weighted by atomic mass is 9.92. The van der Waals surface area contributed by atoms with Crippen molar-refractivity contribution in [2.24, 2.45) is 11.7 Å². The van der Waals surface area contributed by atoms with E-state index in [1.54, 1.807) is 0 Å². The van der Waals surface area contributed by atoms with E-state index in [0.717, 1.165) is 12.8 Å². The normalized spacial score (nSPS) is 22.9. The van der Waals surface area contributed by atoms with Gasteiger partial charge in [0.2, 0.25) is 5.91 Å². The van der Waals surface area contributed by atoms with E-state index in [9.17, 15) is 18.0 Å². The van der Waals surface area contributed by atoms with Gasteiger partial charge < -0.3 is 15.4 Å². The lowest BCUT2D eigenvalue weighted by Gasteiger charge is -2.34. The summed E-state index contributed by atoms with van der Waals surface area (Å²) in [6.45, 7) is 1.04. The second-order valence-corrected chi connectivity index (χ2v) is 4.71. The Bertz CT molecular complexity index is 282. The second-order valence-electron chi connectivity index (χ2n) is 4.71. The first-order valence-corrected chi connectivity index (χ1v) is 5.97. The Hall–Kier alpha value is -0.820. The minimum absolute atomic E-state index is 0.0170. The number of hydrogen-bond donors (Lipinski definition) is 1. The van der Waals surface area contributed by atoms with Crippen molar-refractivity contribution in [3.8, 4) is 0 Å². The molecule has 0 aromatic heterocycles. The van der Waals surface area contributed by atoms with Crippen LogP contribution in [0, 0.1) is 5.92 Å². The predicted molar refractivity (Wildman–Crippen MR) is 59.8 cm³/mol. The maximum absolute atomic E-state index is 11.8. The summed E-state index contributed by atoms with van der Waals surface area (Å²) in [6, 6.07) is -0.0170. The Labute approximate surface area is 104 Å². The van der Waals surface area contributed by atoms with Crippen molar-refractivity contribution in [1.29, 1.82) is 0 Å². The fourth-order valence-corrected chi connectivity index (χ4v) is 2.01. The Morgan fingerprint density at radius 1 is 1.56 bits per heavy atom. The van der Waals surface area contributed by atoms with Gasteiger partial charge in [0, 0.05) is 19.1 Å². The van der Waals surface area contributed by atoms with Crippen molar-refractivity contribution in [1.82, 2.24) is 4.90 Å². The molecule has 7 heteroatoms. The van der Waals surface area contributed by atoms with Gasteiger partial charge in [-0.2, -0.15) is 13.2 Å². The number of likely N-dealkylation sites (tertiary alicyclic amines) is 1. The molecule has 0 aromatic rings. The number of hydrogen-bond acceptors (Lipinski definition) is 3. The number of piperidine rings is 1. The van der Waals surface area contributed by atoms with Crippen molar-refractivity contribution in [3.05, 3.63) is 0 Å². The Morgan fingerprint density at radius 3 is 2.78 bits per heavy atom. The number of ether oxygens (including phenoxy) is 1. The van der Waals surface area contributed by atoms with Gasteiger partial charge in [-0.05, 0) is 25.7 Å². The molecule has 1 fully saturated rings. The molecular formula is C11H19F3N2O2. The first-order valence-electron chi connectivity index (χ1n) is 5.97. The summed E-state index contributed by atoms with van der Waals surface area (Å²) in [4.78, 5) is 13.2. The van der Waals surface area contributed by atoms with E-state index >= 15 is 0 Å². The molecule has 4 nitrogen and oxygen atoms in total. The molecule has 0 aromatic carbocycles. The molecule has 0 bridgehead atoms. The van der Waals surface area contributed by atoms with Crippen molar-refractivity contribution >= 4 is 5.91 Å². The minimum atomic E-state index is -4.39. The van der Waals surface area contributed by atoms with Crippen LogP contribution in [-0.2, 0) is 9.53 Å². The minimum Gasteiger partial charge on any atom is -0.362 e. The van der Waals surface area contributed by atoms with Crippen LogP contribution in [0.3, 0.4) is 0 Å². The third-order valence-electron chi connectivity index (χ3n) is 3.05. The molecule has 0 aliphatic carbocycles. The van der Waals surface area contributed by atoms with Crippen molar-refractivity contribution in [2.45, 2.75) is 32.0 Å². The van der Waals surface area contributed by atoms with Gasteiger partial charge >= 0.3 is 6.18 Å². The van der Waals surface area contributed by atoms with E-state index in [0.29, 0.717) is 13.1 Å². The fraction of sp³-hybridized carbons (Fsp3) is 0.909. The summed E-state index contributed by atoms with van der Waals surface area (Å²) in [6.07, 6.45) is -2.61. The standard InChI is InChI=1S/C11H19F3N2O2/c1-8(15)9-3-2-4-16(5-9)10(17)6-18-7-11(12,13)14/h8-9H,2-7,15H2,1H3. The van der Waals surface area contributed by atoms with E-state index in [-0.39, 0.29) is 12.0 Å². The summed E-state index contributed by atoms with van der Waals surface area (Å²) in [5.74, 6) is -0.185. The van der Waals surface area contributed by atoms with E-state index in [1.807, 2.05) is 6.92 Å². The van der Waals surface area contributed by atoms with Crippen LogP contribution in [0.15, 0.2) is 0 Å². The Morgan fingerprint density at radius 2 is 2.22 bits per heavy atom. The second kappa shape index (κ2) is 6.38. The van der Waals surface area contributed by atoms with Crippen molar-refractivity contribution in [3.63, 3.8) is 0 Å². The van der Waals surface area contributed by atoms with E-state index in [1.165, 1.54) is 4.90 Å². The molecular weight excluding hydrogens is 249 g/mol. The highest BCUT2D eigenvalue weighted by atomic mass is 19.4. The number of halogens is 3. The van der Waals surface area contributed by atoms with Crippen LogP contribution < -0.4 is 5.73 Å². The zero-order chi connectivity index (χ0) is 13.8. The Kier molecular flexibility index (Phi) is 5.40. The van der Waals surface area contributed by atoms with Gasteiger partial charge in [-0.25, -0.2) is 0 Å². The van der Waals surface area contributed by atoms with E-state index in [2.05, 4.69) is 4.74 Å². The van der Waals surface area contributed by atoms with Crippen LogP contribution in [0.5, 0.6) is 0 Å². The lowest BCUT2D eigenvalue weighted by Crippen LogP contribution is -2.46. The molecule has 1 amide bonds. The summed E-state index contributed by atoms with van der Waals surface area (Å²) in [5, 5.41) is 0. The zero-order valence-electron chi connectivity index (χ0n) is 10.4. The van der Waals surface area contributed by atoms with E-state index in [4.69, 9.17) is 5.73 Å². The molecule has 0 saturated carbocycles. The topological polar surface area (TPSA) is 55.6 Å². The molecule has 1 rings (SSSR count). The highest BCUT2D eigenvalue weighted by molar-refractivity contribution is 5.77. The van der Waals surface area contributed by atoms with Gasteiger partial charge in [-0.15, -0.1) is 0 Å². The number of amides is 1. The average Bonchev–Trinajstić information content (AvgIpc) is 2.27. The number of nitrogens with two attached hydrogens (primary N) is 1. The van der Waals surface area contributed by atoms with Crippen LogP contribution in [0.25, 0.3) is 0 Å². The monoisotopic (exact) mass is 268 g/mol. The number of carbonyl (C=O) groups is 1. The molecule has 2 N–H and O–H groups in total. The molecule has 2 unspecified atom stereocenters. The summed E-state index contributed by atoms with van der Waals surface area (Å²) < 4.78 is 39.9. The quantitative estimate of drug-likeness (QED) is 0.832. The summed E-state index contributed by atoms with van der Waals surface area (Å²) >= 11 is 0. The predicted octanol–water partition coefficient (Wildman–Crippen LogP) is 1.15. The highest BCUT2D eigenvalue weighted by Crippen LogP contribution is 2.19. The van der Waals surface area contributed by atoms with Gasteiger partial charge in [0.15, 0.2) is 0 Å². The molecule has 0 radical (unpaired) electrons. The average molecular weight is 268 g/mol. The third-order valence-corrected chi connectivity index (χ3v) is 3.05. The van der Waals surface area contributed by atoms with Crippen LogP contribution in [0.4, 0.5) is 13.2 Å². The van der Waals surface area contributed by atoms with Crippen LogP contribution in [0.1, 0.15) is 19.8 Å². The van der Waals surface area contributed by atoms with Crippen LogP contribution in [-0.4, -0.2) is 49.3 Å². The fourth-order valence-electron chi connectivity index (χ4n) is 2.01. The van der Waals surface area contributed by atoms with Crippen molar-refractivity contribution < 1.29 is 22.7 Å². The lowest BCUT2D eigenvalue weighted by molar-refractivity contribution is -0.178. The van der Waals surface area contributed by atoms with Gasteiger partial charge in [0.05, 0.1) is 0 Å². The van der Waals surface area contributed by atoms with E-state index < -0.39 is 25.3 Å². The van der Waals surface area contributed by atoms with Crippen LogP contribution in [0.2, 0.25) is 0 Å². The number of rotatable bonds is 4. The number of carbonyl (C=O) groups excluding carboxylic acids is 1. The molecule has 106 valence electrons. The smallest absolute Gasteiger partial charge is 0.362 e. The molecule has 1 aliphatic heterocycles. The van der Waals surface area contributed by atoms with Crippen molar-refractivity contribution in [2.75, 3.05) is 26.3 Å². The largest absolute Gasteiger partial charge is 0.411 e. The molecule has 1 heterocycles. The molecule has 0 spiro atoms. The molecule has 1 aliphatic rings. The van der Waals surface area contributed by atoms with Gasteiger partial charge in [0.1, 0.15) is 13.2 Å². The third kappa shape index (κ3) is 5.22. The van der Waals surface area contributed by atoms with Gasteiger partial charge in [-0.3, -0.25) is 4.79 Å². The highest BCUT2D eigenvalue weighted by Gasteiger charge is 2.29. The number of nitrogens with zero attached hydrogens (tertiary/aromatic N) is 1. The maximum Gasteiger partial charge on any atom is 0.411 e. The molecule has 18 heavy (non-hydrogen) atoms. The zero-order valence-corrected chi connectivity index (χ0v) is 10.4. The molecule has 1 saturated heterocycles. The number of alkyl halides is 3. The van der Waals surface area contributed by atoms with Crippen LogP contribution >= 0.6 is 0 Å². The SMILES string of the molecule is CC(N)C1CCCN(C(=O)COCC(F)(F)F)C1. The molecule has 2 atom stereocenters. The Balaban J connectivity index is 2.33. The maximum atomic E-state index is 11.8. The summed E-state index contributed by atoms with van der Waals surface area (Å²) in [7, 11) is 0. The first-order chi connectivity index (χ1) is 8.29. The summed E-state index contributed by atoms with van der Waals surface area (Å²) in [5.41, 5.74) is 5.77.